The fraction of sp³-hybridized carbons (Fsp3) is 0.0714. The Morgan fingerprint density at radius 3 is 2.67 bits per heavy atom. The van der Waals surface area contributed by atoms with Crippen molar-refractivity contribution in [2.45, 2.75) is 4.90 Å². The summed E-state index contributed by atoms with van der Waals surface area (Å²) in [6.45, 7) is 0. The molecule has 5 nitrogen and oxygen atoms in total. The van der Waals surface area contributed by atoms with Crippen molar-refractivity contribution in [3.63, 3.8) is 0 Å². The monoisotopic (exact) mass is 322 g/mol. The van der Waals surface area contributed by atoms with Crippen LogP contribution in [0.25, 0.3) is 11.0 Å². The van der Waals surface area contributed by atoms with Gasteiger partial charge in [0.25, 0.3) is 10.0 Å². The number of imidazole rings is 1. The third-order valence-electron chi connectivity index (χ3n) is 3.10. The maximum atomic E-state index is 12.7. The number of aromatic nitrogens is 2. The van der Waals surface area contributed by atoms with E-state index in [-0.39, 0.29) is 9.92 Å². The van der Waals surface area contributed by atoms with E-state index in [4.69, 9.17) is 16.3 Å². The van der Waals surface area contributed by atoms with Gasteiger partial charge in [-0.05, 0) is 30.3 Å². The van der Waals surface area contributed by atoms with Crippen LogP contribution in [0.4, 0.5) is 0 Å². The van der Waals surface area contributed by atoms with Gasteiger partial charge in [-0.25, -0.2) is 17.4 Å². The smallest absolute Gasteiger partial charge is 0.269 e. The third-order valence-corrected chi connectivity index (χ3v) is 5.05. The maximum Gasteiger partial charge on any atom is 0.269 e. The SMILES string of the molecule is COc1ccc(S(=O)(=O)n2cnc3ccccc32)cc1Cl. The summed E-state index contributed by atoms with van der Waals surface area (Å²) < 4.78 is 31.5. The lowest BCUT2D eigenvalue weighted by molar-refractivity contribution is 0.414. The number of ether oxygens (including phenoxy) is 1. The molecule has 3 aromatic rings. The van der Waals surface area contributed by atoms with E-state index >= 15 is 0 Å². The number of benzene rings is 2. The number of hydrogen-bond acceptors (Lipinski definition) is 4. The highest BCUT2D eigenvalue weighted by Crippen LogP contribution is 2.28. The van der Waals surface area contributed by atoms with Crippen molar-refractivity contribution in [3.05, 3.63) is 53.8 Å². The summed E-state index contributed by atoms with van der Waals surface area (Å²) in [7, 11) is -2.28. The van der Waals surface area contributed by atoms with E-state index in [1.54, 1.807) is 24.3 Å². The predicted molar refractivity (Wildman–Crippen MR) is 80.3 cm³/mol. The summed E-state index contributed by atoms with van der Waals surface area (Å²) >= 11 is 6.00. The van der Waals surface area contributed by atoms with Crippen molar-refractivity contribution in [1.29, 1.82) is 0 Å². The van der Waals surface area contributed by atoms with Crippen LogP contribution < -0.4 is 4.74 Å². The average Bonchev–Trinajstić information content (AvgIpc) is 2.91. The molecule has 1 heterocycles. The standard InChI is InChI=1S/C14H11ClN2O3S/c1-20-14-7-6-10(8-11(14)15)21(18,19)17-9-16-12-4-2-3-5-13(12)17/h2-9H,1H3. The van der Waals surface area contributed by atoms with Crippen LogP contribution in [0.15, 0.2) is 53.7 Å². The number of hydrogen-bond donors (Lipinski definition) is 0. The van der Waals surface area contributed by atoms with Crippen molar-refractivity contribution >= 4 is 32.7 Å². The Morgan fingerprint density at radius 2 is 1.95 bits per heavy atom. The molecule has 1 aromatic heterocycles. The van der Waals surface area contributed by atoms with Crippen molar-refractivity contribution < 1.29 is 13.2 Å². The number of methoxy groups -OCH3 is 1. The third kappa shape index (κ3) is 2.26. The zero-order valence-electron chi connectivity index (χ0n) is 11.0. The van der Waals surface area contributed by atoms with Crippen LogP contribution >= 0.6 is 11.6 Å². The van der Waals surface area contributed by atoms with Crippen LogP contribution in [-0.4, -0.2) is 24.5 Å². The molecule has 108 valence electrons. The second-order valence-electron chi connectivity index (χ2n) is 4.33. The molecule has 0 atom stereocenters. The molecule has 0 saturated heterocycles. The van der Waals surface area contributed by atoms with Crippen LogP contribution in [0.2, 0.25) is 5.02 Å². The number of halogens is 1. The number of nitrogens with zero attached hydrogens (tertiary/aromatic N) is 2. The van der Waals surface area contributed by atoms with Gasteiger partial charge in [0.15, 0.2) is 0 Å². The quantitative estimate of drug-likeness (QED) is 0.744. The molecule has 0 spiro atoms. The van der Waals surface area contributed by atoms with E-state index in [9.17, 15) is 8.42 Å². The van der Waals surface area contributed by atoms with Crippen LogP contribution in [0.1, 0.15) is 0 Å². The molecule has 0 N–H and O–H groups in total. The Bertz CT molecular complexity index is 919. The first kappa shape index (κ1) is 13.9. The Balaban J connectivity index is 2.19. The van der Waals surface area contributed by atoms with Gasteiger partial charge in [-0.15, -0.1) is 0 Å². The molecule has 3 rings (SSSR count). The molecular weight excluding hydrogens is 312 g/mol. The summed E-state index contributed by atoms with van der Waals surface area (Å²) in [5.41, 5.74) is 1.13. The number of fused-ring (bicyclic) bond motifs is 1. The van der Waals surface area contributed by atoms with Gasteiger partial charge in [-0.3, -0.25) is 0 Å². The summed E-state index contributed by atoms with van der Waals surface area (Å²) in [6.07, 6.45) is 1.29. The van der Waals surface area contributed by atoms with Gasteiger partial charge in [0.2, 0.25) is 0 Å². The van der Waals surface area contributed by atoms with Gasteiger partial charge in [-0.1, -0.05) is 23.7 Å². The molecule has 0 saturated carbocycles. The molecule has 7 heteroatoms. The molecule has 0 amide bonds. The molecular formula is C14H11ClN2O3S. The minimum Gasteiger partial charge on any atom is -0.495 e. The van der Waals surface area contributed by atoms with E-state index in [0.717, 1.165) is 3.97 Å². The summed E-state index contributed by atoms with van der Waals surface area (Å²) in [6, 6.07) is 11.4. The Labute approximate surface area is 126 Å². The average molecular weight is 323 g/mol. The highest BCUT2D eigenvalue weighted by atomic mass is 35.5. The molecule has 0 aliphatic heterocycles. The second kappa shape index (κ2) is 5.05. The highest BCUT2D eigenvalue weighted by Gasteiger charge is 2.20. The first-order chi connectivity index (χ1) is 10.0. The molecule has 0 bridgehead atoms. The van der Waals surface area contributed by atoms with E-state index in [0.29, 0.717) is 16.8 Å². The van der Waals surface area contributed by atoms with Gasteiger partial charge >= 0.3 is 0 Å². The Hall–Kier alpha value is -2.05. The number of rotatable bonds is 3. The van der Waals surface area contributed by atoms with Crippen molar-refractivity contribution in [1.82, 2.24) is 8.96 Å². The number of para-hydroxylation sites is 2. The second-order valence-corrected chi connectivity index (χ2v) is 6.55. The largest absolute Gasteiger partial charge is 0.495 e. The lowest BCUT2D eigenvalue weighted by atomic mass is 10.3. The van der Waals surface area contributed by atoms with Crippen LogP contribution in [0.3, 0.4) is 0 Å². The zero-order valence-corrected chi connectivity index (χ0v) is 12.6. The van der Waals surface area contributed by atoms with Crippen LogP contribution in [0.5, 0.6) is 5.75 Å². The van der Waals surface area contributed by atoms with E-state index in [2.05, 4.69) is 4.98 Å². The van der Waals surface area contributed by atoms with Gasteiger partial charge < -0.3 is 4.74 Å². The molecule has 2 aromatic carbocycles. The zero-order chi connectivity index (χ0) is 15.0. The van der Waals surface area contributed by atoms with E-state index in [1.165, 1.54) is 31.6 Å². The van der Waals surface area contributed by atoms with Crippen molar-refractivity contribution in [3.8, 4) is 5.75 Å². The van der Waals surface area contributed by atoms with E-state index < -0.39 is 10.0 Å². The van der Waals surface area contributed by atoms with Gasteiger partial charge in [-0.2, -0.15) is 0 Å². The Morgan fingerprint density at radius 1 is 1.19 bits per heavy atom. The summed E-state index contributed by atoms with van der Waals surface area (Å²) in [5, 5.41) is 0.239. The fourth-order valence-electron chi connectivity index (χ4n) is 2.05. The van der Waals surface area contributed by atoms with Crippen molar-refractivity contribution in [2.75, 3.05) is 7.11 Å². The van der Waals surface area contributed by atoms with Gasteiger partial charge in [0.05, 0.1) is 28.1 Å². The molecule has 0 unspecified atom stereocenters. The van der Waals surface area contributed by atoms with Crippen molar-refractivity contribution in [2.24, 2.45) is 0 Å². The first-order valence-corrected chi connectivity index (χ1v) is 7.87. The molecule has 0 aliphatic carbocycles. The molecule has 0 radical (unpaired) electrons. The molecule has 0 aliphatic rings. The first-order valence-electron chi connectivity index (χ1n) is 6.05. The Kier molecular flexibility index (Phi) is 3.35. The molecule has 0 fully saturated rings. The predicted octanol–water partition coefficient (Wildman–Crippen LogP) is 2.94. The summed E-state index contributed by atoms with van der Waals surface area (Å²) in [4.78, 5) is 4.17. The minimum atomic E-state index is -3.76. The topological polar surface area (TPSA) is 61.2 Å². The highest BCUT2D eigenvalue weighted by molar-refractivity contribution is 7.90. The van der Waals surface area contributed by atoms with Crippen LogP contribution in [-0.2, 0) is 10.0 Å². The van der Waals surface area contributed by atoms with Crippen LogP contribution in [0, 0.1) is 0 Å². The lowest BCUT2D eigenvalue weighted by Gasteiger charge is -2.09. The van der Waals surface area contributed by atoms with Gasteiger partial charge in [0, 0.05) is 0 Å². The normalized spacial score (nSPS) is 11.7. The maximum absolute atomic E-state index is 12.7. The molecule has 21 heavy (non-hydrogen) atoms. The summed E-state index contributed by atoms with van der Waals surface area (Å²) in [5.74, 6) is 0.422. The van der Waals surface area contributed by atoms with Gasteiger partial charge in [0.1, 0.15) is 12.1 Å². The fourth-order valence-corrected chi connectivity index (χ4v) is 3.69. The minimum absolute atomic E-state index is 0.0800. The lowest BCUT2D eigenvalue weighted by Crippen LogP contribution is -2.11. The van der Waals surface area contributed by atoms with E-state index in [1.807, 2.05) is 0 Å².